The van der Waals surface area contributed by atoms with Crippen molar-refractivity contribution >= 4 is 50.6 Å². The number of carbonyl (C=O) groups excluding carboxylic acids is 3. The van der Waals surface area contributed by atoms with E-state index in [0.717, 1.165) is 45.4 Å². The maximum absolute atomic E-state index is 13.9. The number of thioether (sulfide) groups is 2. The van der Waals surface area contributed by atoms with Gasteiger partial charge < -0.3 is 10.1 Å². The fraction of sp³-hybridized carbons (Fsp3) is 0.242. The molecular formula is C33H33NO4S2. The molecule has 1 atom stereocenters. The summed E-state index contributed by atoms with van der Waals surface area (Å²) in [7, 11) is 0. The molecule has 0 radical (unpaired) electrons. The molecule has 0 aromatic heterocycles. The quantitative estimate of drug-likeness (QED) is 0.206. The third-order valence-corrected chi connectivity index (χ3v) is 8.15. The Morgan fingerprint density at radius 3 is 1.75 bits per heavy atom. The van der Waals surface area contributed by atoms with E-state index >= 15 is 0 Å². The molecule has 0 spiro atoms. The van der Waals surface area contributed by atoms with Gasteiger partial charge in [0, 0.05) is 11.5 Å². The highest BCUT2D eigenvalue weighted by Crippen LogP contribution is 2.36. The molecule has 0 heterocycles. The molecule has 1 N–H and O–H groups in total. The minimum atomic E-state index is -1.14. The molecule has 7 heteroatoms. The van der Waals surface area contributed by atoms with E-state index in [1.54, 1.807) is 20.8 Å². The van der Waals surface area contributed by atoms with Crippen LogP contribution in [0.1, 0.15) is 43.5 Å². The van der Waals surface area contributed by atoms with E-state index in [1.807, 2.05) is 103 Å². The number of carbonyl (C=O) groups is 3. The number of rotatable bonds is 9. The van der Waals surface area contributed by atoms with E-state index in [0.29, 0.717) is 17.1 Å². The molecular weight excluding hydrogens is 539 g/mol. The number of fused-ring (bicyclic) bond motifs is 1. The molecule has 4 rings (SSSR count). The lowest BCUT2D eigenvalue weighted by atomic mass is 9.90. The Morgan fingerprint density at radius 1 is 0.700 bits per heavy atom. The molecule has 1 amide bonds. The average molecular weight is 572 g/mol. The lowest BCUT2D eigenvalue weighted by Crippen LogP contribution is -2.41. The zero-order valence-corrected chi connectivity index (χ0v) is 24.5. The minimum Gasteiger partial charge on any atom is -0.444 e. The summed E-state index contributed by atoms with van der Waals surface area (Å²) < 4.78 is 5.58. The molecule has 0 aliphatic heterocycles. The number of hydrogen-bond donors (Lipinski definition) is 1. The summed E-state index contributed by atoms with van der Waals surface area (Å²) in [5.41, 5.74) is 1.90. The van der Waals surface area contributed by atoms with E-state index in [1.165, 1.54) is 0 Å². The van der Waals surface area contributed by atoms with E-state index in [2.05, 4.69) is 5.32 Å². The Kier molecular flexibility index (Phi) is 10.1. The fourth-order valence-corrected chi connectivity index (χ4v) is 6.22. The minimum absolute atomic E-state index is 0.302. The third kappa shape index (κ3) is 8.23. The molecule has 0 bridgehead atoms. The fourth-order valence-electron chi connectivity index (χ4n) is 4.30. The van der Waals surface area contributed by atoms with Gasteiger partial charge >= 0.3 is 6.09 Å². The van der Waals surface area contributed by atoms with Crippen LogP contribution in [0.25, 0.3) is 10.8 Å². The van der Waals surface area contributed by atoms with Gasteiger partial charge in [0.2, 0.25) is 10.2 Å². The van der Waals surface area contributed by atoms with Crippen molar-refractivity contribution < 1.29 is 19.1 Å². The number of nitrogens with one attached hydrogen (secondary N) is 1. The highest BCUT2D eigenvalue weighted by atomic mass is 32.2. The van der Waals surface area contributed by atoms with Crippen molar-refractivity contribution in [3.05, 3.63) is 120 Å². The van der Waals surface area contributed by atoms with Gasteiger partial charge in [0.25, 0.3) is 0 Å². The van der Waals surface area contributed by atoms with Crippen LogP contribution in [0.4, 0.5) is 4.79 Å². The Bertz CT molecular complexity index is 1390. The van der Waals surface area contributed by atoms with Gasteiger partial charge in [-0.05, 0) is 48.2 Å². The second kappa shape index (κ2) is 13.7. The topological polar surface area (TPSA) is 72.5 Å². The summed E-state index contributed by atoms with van der Waals surface area (Å²) in [5, 5.41) is 4.11. The van der Waals surface area contributed by atoms with Crippen LogP contribution in [0.3, 0.4) is 0 Å². The molecule has 0 saturated heterocycles. The first kappa shape index (κ1) is 29.4. The van der Waals surface area contributed by atoms with Gasteiger partial charge in [-0.2, -0.15) is 0 Å². The number of benzene rings is 4. The highest BCUT2D eigenvalue weighted by Gasteiger charge is 2.38. The molecule has 0 saturated carbocycles. The van der Waals surface area contributed by atoms with Crippen molar-refractivity contribution in [2.45, 2.75) is 43.9 Å². The van der Waals surface area contributed by atoms with Crippen molar-refractivity contribution in [1.29, 1.82) is 0 Å². The van der Waals surface area contributed by atoms with Crippen molar-refractivity contribution in [1.82, 2.24) is 5.32 Å². The van der Waals surface area contributed by atoms with Gasteiger partial charge in [-0.1, -0.05) is 127 Å². The average Bonchev–Trinajstić information content (AvgIpc) is 2.94. The van der Waals surface area contributed by atoms with E-state index in [4.69, 9.17) is 4.74 Å². The van der Waals surface area contributed by atoms with Gasteiger partial charge in [-0.15, -0.1) is 0 Å². The number of alkyl carbamates (subject to hydrolysis) is 1. The normalized spacial score (nSPS) is 12.2. The Balaban J connectivity index is 1.72. The summed E-state index contributed by atoms with van der Waals surface area (Å²) in [6, 6.07) is 31.8. The summed E-state index contributed by atoms with van der Waals surface area (Å²) in [5.74, 6) is -0.302. The number of amides is 1. The molecule has 0 fully saturated rings. The molecule has 0 unspecified atom stereocenters. The van der Waals surface area contributed by atoms with Gasteiger partial charge in [0.05, 0.1) is 6.04 Å². The number of ether oxygens (including phenoxy) is 1. The zero-order valence-electron chi connectivity index (χ0n) is 22.8. The summed E-state index contributed by atoms with van der Waals surface area (Å²) >= 11 is 2.18. The van der Waals surface area contributed by atoms with Crippen LogP contribution in [0, 0.1) is 5.92 Å². The van der Waals surface area contributed by atoms with E-state index in [9.17, 15) is 14.4 Å². The first-order chi connectivity index (χ1) is 19.2. The Morgan fingerprint density at radius 2 is 1.20 bits per heavy atom. The van der Waals surface area contributed by atoms with Crippen LogP contribution in [0.15, 0.2) is 103 Å². The molecule has 40 heavy (non-hydrogen) atoms. The summed E-state index contributed by atoms with van der Waals surface area (Å²) in [6.45, 7) is 5.33. The van der Waals surface area contributed by atoms with E-state index in [-0.39, 0.29) is 10.2 Å². The largest absolute Gasteiger partial charge is 0.444 e. The highest BCUT2D eigenvalue weighted by molar-refractivity contribution is 8.15. The Labute approximate surface area is 244 Å². The SMILES string of the molecule is CC(C)(C)OC(=O)N[C@@H](c1cccc2ccccc12)C(C(=O)SCc1ccccc1)C(=O)SCc1ccccc1. The van der Waals surface area contributed by atoms with Crippen LogP contribution < -0.4 is 5.32 Å². The second-order valence-corrected chi connectivity index (χ2v) is 12.3. The van der Waals surface area contributed by atoms with E-state index < -0.39 is 23.7 Å². The van der Waals surface area contributed by atoms with Gasteiger partial charge in [-0.3, -0.25) is 9.59 Å². The summed E-state index contributed by atoms with van der Waals surface area (Å²) in [6.07, 6.45) is -0.683. The smallest absolute Gasteiger partial charge is 0.408 e. The maximum Gasteiger partial charge on any atom is 0.408 e. The molecule has 0 aliphatic rings. The predicted octanol–water partition coefficient (Wildman–Crippen LogP) is 7.94. The van der Waals surface area contributed by atoms with Crippen LogP contribution in [-0.2, 0) is 25.8 Å². The lowest BCUT2D eigenvalue weighted by Gasteiger charge is -2.29. The van der Waals surface area contributed by atoms with Crippen LogP contribution >= 0.6 is 23.5 Å². The zero-order chi connectivity index (χ0) is 28.5. The van der Waals surface area contributed by atoms with Gasteiger partial charge in [0.1, 0.15) is 11.5 Å². The molecule has 4 aromatic carbocycles. The molecule has 5 nitrogen and oxygen atoms in total. The first-order valence-corrected chi connectivity index (χ1v) is 15.1. The predicted molar refractivity (Wildman–Crippen MR) is 165 cm³/mol. The van der Waals surface area contributed by atoms with Gasteiger partial charge in [-0.25, -0.2) is 4.79 Å². The van der Waals surface area contributed by atoms with Crippen molar-refractivity contribution in [2.24, 2.45) is 5.92 Å². The van der Waals surface area contributed by atoms with Crippen molar-refractivity contribution in [2.75, 3.05) is 0 Å². The molecule has 0 aliphatic carbocycles. The maximum atomic E-state index is 13.9. The molecule has 206 valence electrons. The van der Waals surface area contributed by atoms with Crippen molar-refractivity contribution in [3.8, 4) is 0 Å². The molecule has 4 aromatic rings. The summed E-state index contributed by atoms with van der Waals surface area (Å²) in [4.78, 5) is 41.0. The monoisotopic (exact) mass is 571 g/mol. The second-order valence-electron chi connectivity index (χ2n) is 10.4. The number of hydrogen-bond acceptors (Lipinski definition) is 6. The van der Waals surface area contributed by atoms with Crippen molar-refractivity contribution in [3.63, 3.8) is 0 Å². The van der Waals surface area contributed by atoms with Crippen LogP contribution in [0.2, 0.25) is 0 Å². The third-order valence-electron chi connectivity index (χ3n) is 6.12. The van der Waals surface area contributed by atoms with Crippen LogP contribution in [-0.4, -0.2) is 21.9 Å². The van der Waals surface area contributed by atoms with Crippen LogP contribution in [0.5, 0.6) is 0 Å². The standard InChI is InChI=1S/C33H33NO4S2/c1-33(2,3)38-32(37)34-29(27-20-12-18-25-17-10-11-19-26(25)27)28(30(35)39-21-23-13-6-4-7-14-23)31(36)40-22-24-15-8-5-9-16-24/h4-20,28-29H,21-22H2,1-3H3,(H,34,37)/t29-/m0/s1. The Hall–Kier alpha value is -3.55. The lowest BCUT2D eigenvalue weighted by molar-refractivity contribution is -0.124. The van der Waals surface area contributed by atoms with Gasteiger partial charge in [0.15, 0.2) is 0 Å². The first-order valence-electron chi connectivity index (χ1n) is 13.1.